The fourth-order valence-corrected chi connectivity index (χ4v) is 4.55. The summed E-state index contributed by atoms with van der Waals surface area (Å²) in [5, 5.41) is 2.12. The average Bonchev–Trinajstić information content (AvgIpc) is 2.97. The number of hydrogen-bond donors (Lipinski definition) is 0. The predicted octanol–water partition coefficient (Wildman–Crippen LogP) is 5.32. The molecule has 0 saturated heterocycles. The molecule has 0 N–H and O–H groups in total. The molecule has 1 aliphatic rings. The summed E-state index contributed by atoms with van der Waals surface area (Å²) in [5.74, 6) is 2.28. The molecular weight excluding hydrogens is 484 g/mol. The topological polar surface area (TPSA) is 72.5 Å². The van der Waals surface area contributed by atoms with Gasteiger partial charge in [-0.1, -0.05) is 49.0 Å². The molecule has 0 amide bonds. The van der Waals surface area contributed by atoms with Crippen molar-refractivity contribution in [1.82, 2.24) is 0 Å². The Morgan fingerprint density at radius 3 is 1.76 bits per heavy atom. The second-order valence-electron chi connectivity index (χ2n) is 8.82. The number of rotatable bonds is 16. The van der Waals surface area contributed by atoms with Crippen molar-refractivity contribution >= 4 is 16.7 Å². The van der Waals surface area contributed by atoms with Gasteiger partial charge in [-0.3, -0.25) is 0 Å². The highest BCUT2D eigenvalue weighted by molar-refractivity contribution is 5.96. The Morgan fingerprint density at radius 2 is 1.16 bits per heavy atom. The number of hydrogen-bond acceptors (Lipinski definition) is 7. The van der Waals surface area contributed by atoms with Crippen LogP contribution < -0.4 is 14.2 Å². The van der Waals surface area contributed by atoms with Gasteiger partial charge in [0.1, 0.15) is 43.7 Å². The molecule has 0 bridgehead atoms. The molecule has 4 rings (SSSR count). The van der Waals surface area contributed by atoms with Crippen LogP contribution >= 0.6 is 0 Å². The third-order valence-corrected chi connectivity index (χ3v) is 6.26. The quantitative estimate of drug-likeness (QED) is 0.144. The van der Waals surface area contributed by atoms with Crippen LogP contribution in [0.15, 0.2) is 67.3 Å². The van der Waals surface area contributed by atoms with Gasteiger partial charge in [-0.15, -0.1) is 0 Å². The zero-order valence-electron chi connectivity index (χ0n) is 21.8. The highest BCUT2D eigenvalue weighted by Crippen LogP contribution is 2.44. The van der Waals surface area contributed by atoms with Crippen molar-refractivity contribution in [1.29, 1.82) is 0 Å². The van der Waals surface area contributed by atoms with E-state index in [-0.39, 0.29) is 6.61 Å². The molecule has 202 valence electrons. The summed E-state index contributed by atoms with van der Waals surface area (Å²) in [6.07, 6.45) is 5.34. The normalized spacial score (nSPS) is 12.5. The lowest BCUT2D eigenvalue weighted by Gasteiger charge is -2.25. The minimum Gasteiger partial charge on any atom is -0.490 e. The van der Waals surface area contributed by atoms with E-state index in [1.165, 1.54) is 11.1 Å². The summed E-state index contributed by atoms with van der Waals surface area (Å²) in [7, 11) is 0. The van der Waals surface area contributed by atoms with E-state index >= 15 is 0 Å². The molecular formula is C31H36O7. The fraction of sp³-hybridized carbons (Fsp3) is 0.387. The number of carbonyl (C=O) groups is 1. The Balaban J connectivity index is 1.32. The molecule has 1 aliphatic carbocycles. The zero-order chi connectivity index (χ0) is 26.4. The van der Waals surface area contributed by atoms with E-state index in [0.29, 0.717) is 46.2 Å². The molecule has 0 fully saturated rings. The number of carbonyl (C=O) groups excluding carboxylic acids is 1. The van der Waals surface area contributed by atoms with Gasteiger partial charge in [0.2, 0.25) is 0 Å². The van der Waals surface area contributed by atoms with Gasteiger partial charge in [-0.25, -0.2) is 4.79 Å². The molecule has 0 spiro atoms. The second-order valence-corrected chi connectivity index (χ2v) is 8.82. The number of para-hydroxylation sites is 1. The number of benzene rings is 3. The summed E-state index contributed by atoms with van der Waals surface area (Å²) in [6.45, 7) is 6.58. The first-order valence-corrected chi connectivity index (χ1v) is 13.2. The first kappa shape index (κ1) is 27.5. The number of fused-ring (bicyclic) bond motifs is 2. The Labute approximate surface area is 224 Å². The minimum atomic E-state index is -0.451. The monoisotopic (exact) mass is 520 g/mol. The first-order valence-electron chi connectivity index (χ1n) is 13.2. The second kappa shape index (κ2) is 15.0. The molecule has 0 aliphatic heterocycles. The van der Waals surface area contributed by atoms with Crippen molar-refractivity contribution in [2.45, 2.75) is 25.7 Å². The molecule has 7 nitrogen and oxygen atoms in total. The van der Waals surface area contributed by atoms with Crippen LogP contribution in [0.25, 0.3) is 10.8 Å². The van der Waals surface area contributed by atoms with Crippen LogP contribution in [0, 0.1) is 0 Å². The maximum Gasteiger partial charge on any atom is 0.330 e. The van der Waals surface area contributed by atoms with E-state index in [1.54, 1.807) is 0 Å². The third-order valence-electron chi connectivity index (χ3n) is 6.26. The zero-order valence-corrected chi connectivity index (χ0v) is 21.8. The summed E-state index contributed by atoms with van der Waals surface area (Å²) in [6, 6.07) is 18.1. The fourth-order valence-electron chi connectivity index (χ4n) is 4.55. The van der Waals surface area contributed by atoms with E-state index in [4.69, 9.17) is 28.4 Å². The van der Waals surface area contributed by atoms with Crippen LogP contribution in [0.4, 0.5) is 0 Å². The van der Waals surface area contributed by atoms with Gasteiger partial charge >= 0.3 is 5.97 Å². The smallest absolute Gasteiger partial charge is 0.330 e. The van der Waals surface area contributed by atoms with Crippen molar-refractivity contribution in [3.63, 3.8) is 0 Å². The lowest BCUT2D eigenvalue weighted by atomic mass is 9.87. The Morgan fingerprint density at radius 1 is 0.658 bits per heavy atom. The molecule has 38 heavy (non-hydrogen) atoms. The minimum absolute atomic E-state index is 0.200. The van der Waals surface area contributed by atoms with Crippen molar-refractivity contribution in [3.8, 4) is 17.2 Å². The maximum atomic E-state index is 11.0. The highest BCUT2D eigenvalue weighted by atomic mass is 16.6. The van der Waals surface area contributed by atoms with E-state index in [2.05, 4.69) is 18.7 Å². The van der Waals surface area contributed by atoms with Crippen molar-refractivity contribution in [2.24, 2.45) is 0 Å². The molecule has 0 radical (unpaired) electrons. The van der Waals surface area contributed by atoms with Gasteiger partial charge in [0, 0.05) is 28.0 Å². The molecule has 0 heterocycles. The van der Waals surface area contributed by atoms with E-state index in [9.17, 15) is 4.79 Å². The van der Waals surface area contributed by atoms with E-state index in [0.717, 1.165) is 59.8 Å². The highest BCUT2D eigenvalue weighted by Gasteiger charge is 2.23. The van der Waals surface area contributed by atoms with Crippen LogP contribution in [-0.2, 0) is 31.8 Å². The average molecular weight is 521 g/mol. The molecule has 0 aromatic heterocycles. The summed E-state index contributed by atoms with van der Waals surface area (Å²) in [4.78, 5) is 11.0. The standard InChI is InChI=1S/C31H36O7/c1-2-29(32)36-20-18-33-16-17-34-19-21-37-30-25-12-6-8-14-27(25)31(28-15-9-7-13-26(28)30)38-23-22-35-24-10-4-3-5-11-24/h2-6,8,10-12,14H,1,7,9,13,15-23H2. The van der Waals surface area contributed by atoms with Gasteiger partial charge in [0.25, 0.3) is 0 Å². The van der Waals surface area contributed by atoms with Gasteiger partial charge in [-0.2, -0.15) is 0 Å². The predicted molar refractivity (Wildman–Crippen MR) is 146 cm³/mol. The lowest BCUT2D eigenvalue weighted by molar-refractivity contribution is -0.139. The summed E-state index contributed by atoms with van der Waals surface area (Å²) < 4.78 is 34.5. The largest absolute Gasteiger partial charge is 0.490 e. The molecule has 0 atom stereocenters. The lowest BCUT2D eigenvalue weighted by Crippen LogP contribution is -2.16. The van der Waals surface area contributed by atoms with Gasteiger partial charge < -0.3 is 28.4 Å². The number of ether oxygens (including phenoxy) is 6. The van der Waals surface area contributed by atoms with Crippen LogP contribution in [-0.4, -0.2) is 58.8 Å². The Bertz CT molecular complexity index is 1180. The molecule has 0 unspecified atom stereocenters. The summed E-state index contributed by atoms with van der Waals surface area (Å²) >= 11 is 0. The summed E-state index contributed by atoms with van der Waals surface area (Å²) in [5.41, 5.74) is 2.49. The van der Waals surface area contributed by atoms with E-state index in [1.807, 2.05) is 42.5 Å². The molecule has 3 aromatic rings. The maximum absolute atomic E-state index is 11.0. The van der Waals surface area contributed by atoms with Crippen molar-refractivity contribution < 1.29 is 33.2 Å². The van der Waals surface area contributed by atoms with Crippen LogP contribution in [0.5, 0.6) is 17.2 Å². The molecule has 7 heteroatoms. The molecule has 3 aromatic carbocycles. The van der Waals surface area contributed by atoms with Crippen LogP contribution in [0.2, 0.25) is 0 Å². The first-order chi connectivity index (χ1) is 18.8. The van der Waals surface area contributed by atoms with Crippen molar-refractivity contribution in [2.75, 3.05) is 52.9 Å². The molecule has 0 saturated carbocycles. The van der Waals surface area contributed by atoms with Crippen LogP contribution in [0.1, 0.15) is 24.0 Å². The van der Waals surface area contributed by atoms with Crippen molar-refractivity contribution in [3.05, 3.63) is 78.4 Å². The third kappa shape index (κ3) is 7.73. The Hall–Kier alpha value is -3.55. The number of esters is 1. The Kier molecular flexibility index (Phi) is 10.9. The van der Waals surface area contributed by atoms with Gasteiger partial charge in [0.05, 0.1) is 26.4 Å². The van der Waals surface area contributed by atoms with Crippen LogP contribution in [0.3, 0.4) is 0 Å². The van der Waals surface area contributed by atoms with E-state index < -0.39 is 5.97 Å². The SMILES string of the molecule is C=CC(=O)OCCOCCOCCOc1c2c(c(OCCOc3ccccc3)c3ccccc13)CCCC2. The van der Waals surface area contributed by atoms with Gasteiger partial charge in [0.15, 0.2) is 0 Å². The van der Waals surface area contributed by atoms with Gasteiger partial charge in [-0.05, 0) is 37.8 Å².